The first-order valence-electron chi connectivity index (χ1n) is 12.4. The lowest BCUT2D eigenvalue weighted by molar-refractivity contribution is -0.127. The van der Waals surface area contributed by atoms with E-state index < -0.39 is 0 Å². The number of carbonyl (C=O) groups is 1. The van der Waals surface area contributed by atoms with Crippen molar-refractivity contribution < 1.29 is 9.53 Å². The highest BCUT2D eigenvalue weighted by Gasteiger charge is 2.42. The number of hydrogen-bond donors (Lipinski definition) is 1. The van der Waals surface area contributed by atoms with Gasteiger partial charge in [-0.1, -0.05) is 0 Å². The zero-order valence-electron chi connectivity index (χ0n) is 20.0. The van der Waals surface area contributed by atoms with E-state index >= 15 is 0 Å². The number of guanidine groups is 1. The molecule has 2 unspecified atom stereocenters. The van der Waals surface area contributed by atoms with Gasteiger partial charge in [-0.15, -0.1) is 24.0 Å². The van der Waals surface area contributed by atoms with E-state index in [1.54, 1.807) is 19.0 Å². The largest absolute Gasteiger partial charge is 0.379 e. The highest BCUT2D eigenvalue weighted by atomic mass is 127. The Hall–Kier alpha value is -0.650. The highest BCUT2D eigenvalue weighted by Crippen LogP contribution is 2.38. The van der Waals surface area contributed by atoms with Crippen molar-refractivity contribution in [1.82, 2.24) is 24.9 Å². The van der Waals surface area contributed by atoms with Gasteiger partial charge in [0.2, 0.25) is 5.91 Å². The number of rotatable bonds is 7. The minimum absolute atomic E-state index is 0. The second-order valence-electron chi connectivity index (χ2n) is 9.84. The fourth-order valence-corrected chi connectivity index (χ4v) is 5.37. The Bertz CT molecular complexity index is 624. The van der Waals surface area contributed by atoms with Gasteiger partial charge in [0.1, 0.15) is 6.54 Å². The van der Waals surface area contributed by atoms with Crippen LogP contribution in [0, 0.1) is 5.92 Å². The van der Waals surface area contributed by atoms with Crippen LogP contribution in [-0.2, 0) is 9.53 Å². The van der Waals surface area contributed by atoms with Gasteiger partial charge in [-0.05, 0) is 57.5 Å². The molecule has 4 rings (SSSR count). The maximum atomic E-state index is 12.2. The fourth-order valence-electron chi connectivity index (χ4n) is 5.37. The summed E-state index contributed by atoms with van der Waals surface area (Å²) >= 11 is 0. The molecule has 1 N–H and O–H groups in total. The number of halogens is 1. The molecule has 0 aromatic rings. The highest BCUT2D eigenvalue weighted by molar-refractivity contribution is 14.0. The molecule has 32 heavy (non-hydrogen) atoms. The lowest BCUT2D eigenvalue weighted by Gasteiger charge is -2.48. The molecule has 8 nitrogen and oxygen atoms in total. The predicted molar refractivity (Wildman–Crippen MR) is 139 cm³/mol. The zero-order chi connectivity index (χ0) is 21.6. The van der Waals surface area contributed by atoms with Crippen molar-refractivity contribution in [3.63, 3.8) is 0 Å². The fraction of sp³-hybridized carbons (Fsp3) is 0.913. The quantitative estimate of drug-likeness (QED) is 0.219. The molecule has 1 saturated carbocycles. The molecule has 184 valence electrons. The molecule has 1 amide bonds. The number of hydrogen-bond acceptors (Lipinski definition) is 5. The van der Waals surface area contributed by atoms with E-state index in [-0.39, 0.29) is 36.4 Å². The second-order valence-corrected chi connectivity index (χ2v) is 9.84. The van der Waals surface area contributed by atoms with Gasteiger partial charge >= 0.3 is 0 Å². The van der Waals surface area contributed by atoms with Crippen LogP contribution in [0.4, 0.5) is 0 Å². The van der Waals surface area contributed by atoms with Gasteiger partial charge in [-0.3, -0.25) is 14.6 Å². The van der Waals surface area contributed by atoms with Gasteiger partial charge < -0.3 is 19.9 Å². The number of likely N-dealkylation sites (tertiary alicyclic amines) is 2. The summed E-state index contributed by atoms with van der Waals surface area (Å²) in [4.78, 5) is 26.3. The van der Waals surface area contributed by atoms with Crippen LogP contribution in [0.3, 0.4) is 0 Å². The third-order valence-electron chi connectivity index (χ3n) is 7.33. The van der Waals surface area contributed by atoms with E-state index in [1.165, 1.54) is 38.6 Å². The van der Waals surface area contributed by atoms with Gasteiger partial charge in [0.25, 0.3) is 0 Å². The summed E-state index contributed by atoms with van der Waals surface area (Å²) < 4.78 is 5.44. The Morgan fingerprint density at radius 1 is 1.09 bits per heavy atom. The molecule has 0 aromatic heterocycles. The summed E-state index contributed by atoms with van der Waals surface area (Å²) in [6.45, 7) is 9.36. The van der Waals surface area contributed by atoms with E-state index in [0.717, 1.165) is 82.9 Å². The van der Waals surface area contributed by atoms with Gasteiger partial charge in [0, 0.05) is 58.9 Å². The van der Waals surface area contributed by atoms with E-state index in [4.69, 9.17) is 9.73 Å². The minimum Gasteiger partial charge on any atom is -0.379 e. The molecule has 0 aromatic carbocycles. The van der Waals surface area contributed by atoms with Crippen LogP contribution >= 0.6 is 24.0 Å². The standard InChI is InChI=1S/C23H42N6O2.HI/c1-26(2)22(30)17-25-23(24-9-4-10-27-13-15-31-16-14-27)28-12-8-21-19(18-28)5-3-11-29(21)20-6-7-20;/h19-21H,3-18H2,1-2H3,(H,24,25);1H. The number of likely N-dealkylation sites (N-methyl/N-ethyl adjacent to an activating group) is 1. The number of ether oxygens (including phenoxy) is 1. The Morgan fingerprint density at radius 3 is 2.59 bits per heavy atom. The van der Waals surface area contributed by atoms with Crippen LogP contribution in [0.5, 0.6) is 0 Å². The number of morpholine rings is 1. The smallest absolute Gasteiger partial charge is 0.243 e. The maximum Gasteiger partial charge on any atom is 0.243 e. The number of carbonyl (C=O) groups excluding carboxylic acids is 1. The Labute approximate surface area is 211 Å². The molecule has 9 heteroatoms. The summed E-state index contributed by atoms with van der Waals surface area (Å²) in [6.07, 6.45) is 7.75. The van der Waals surface area contributed by atoms with Crippen molar-refractivity contribution in [3.05, 3.63) is 0 Å². The third kappa shape index (κ3) is 7.17. The van der Waals surface area contributed by atoms with Gasteiger partial charge in [0.15, 0.2) is 5.96 Å². The van der Waals surface area contributed by atoms with Crippen molar-refractivity contribution >= 4 is 35.8 Å². The van der Waals surface area contributed by atoms with Gasteiger partial charge in [-0.2, -0.15) is 0 Å². The molecular formula is C23H43IN6O2. The van der Waals surface area contributed by atoms with E-state index in [0.29, 0.717) is 0 Å². The first-order chi connectivity index (χ1) is 15.1. The van der Waals surface area contributed by atoms with Crippen molar-refractivity contribution in [2.24, 2.45) is 10.9 Å². The lowest BCUT2D eigenvalue weighted by atomic mass is 9.83. The molecule has 3 heterocycles. The Balaban J connectivity index is 0.00000289. The van der Waals surface area contributed by atoms with E-state index in [9.17, 15) is 4.79 Å². The van der Waals surface area contributed by atoms with Crippen molar-refractivity contribution in [2.45, 2.75) is 50.6 Å². The molecular weight excluding hydrogens is 519 g/mol. The number of piperidine rings is 2. The average Bonchev–Trinajstić information content (AvgIpc) is 3.63. The normalized spacial score (nSPS) is 27.4. The maximum absolute atomic E-state index is 12.2. The van der Waals surface area contributed by atoms with Crippen molar-refractivity contribution in [2.75, 3.05) is 79.7 Å². The Morgan fingerprint density at radius 2 is 1.88 bits per heavy atom. The molecule has 4 aliphatic rings. The molecule has 0 spiro atoms. The van der Waals surface area contributed by atoms with Crippen molar-refractivity contribution in [3.8, 4) is 0 Å². The molecule has 0 radical (unpaired) electrons. The van der Waals surface area contributed by atoms with E-state index in [1.807, 2.05) is 0 Å². The summed E-state index contributed by atoms with van der Waals surface area (Å²) in [6, 6.07) is 1.62. The molecule has 4 fully saturated rings. The third-order valence-corrected chi connectivity index (χ3v) is 7.33. The molecule has 0 bridgehead atoms. The van der Waals surface area contributed by atoms with Gasteiger partial charge in [-0.25, -0.2) is 4.99 Å². The summed E-state index contributed by atoms with van der Waals surface area (Å²) in [5.41, 5.74) is 0. The summed E-state index contributed by atoms with van der Waals surface area (Å²) in [5, 5.41) is 3.60. The van der Waals surface area contributed by atoms with Crippen LogP contribution in [-0.4, -0.2) is 123 Å². The van der Waals surface area contributed by atoms with Crippen LogP contribution in [0.2, 0.25) is 0 Å². The van der Waals surface area contributed by atoms with Crippen LogP contribution < -0.4 is 5.32 Å². The monoisotopic (exact) mass is 562 g/mol. The average molecular weight is 563 g/mol. The van der Waals surface area contributed by atoms with Gasteiger partial charge in [0.05, 0.1) is 13.2 Å². The van der Waals surface area contributed by atoms with Crippen LogP contribution in [0.15, 0.2) is 4.99 Å². The number of amides is 1. The number of nitrogens with one attached hydrogen (secondary N) is 1. The summed E-state index contributed by atoms with van der Waals surface area (Å²) in [5.74, 6) is 1.72. The SMILES string of the molecule is CN(C)C(=O)CN=C(NCCCN1CCOCC1)N1CCC2C(CCCN2C2CC2)C1.I. The first kappa shape index (κ1) is 26.0. The second kappa shape index (κ2) is 12.7. The molecule has 2 atom stereocenters. The lowest BCUT2D eigenvalue weighted by Crippen LogP contribution is -2.57. The topological polar surface area (TPSA) is 63.7 Å². The number of nitrogens with zero attached hydrogens (tertiary/aromatic N) is 5. The summed E-state index contributed by atoms with van der Waals surface area (Å²) in [7, 11) is 3.60. The number of fused-ring (bicyclic) bond motifs is 1. The van der Waals surface area contributed by atoms with Crippen LogP contribution in [0.25, 0.3) is 0 Å². The van der Waals surface area contributed by atoms with Crippen molar-refractivity contribution in [1.29, 1.82) is 0 Å². The van der Waals surface area contributed by atoms with Crippen LogP contribution in [0.1, 0.15) is 38.5 Å². The molecule has 1 aliphatic carbocycles. The van der Waals surface area contributed by atoms with E-state index in [2.05, 4.69) is 20.0 Å². The number of aliphatic imine (C=N–C) groups is 1. The zero-order valence-corrected chi connectivity index (χ0v) is 22.3. The molecule has 3 aliphatic heterocycles. The predicted octanol–water partition coefficient (Wildman–Crippen LogP) is 1.31. The Kier molecular flexibility index (Phi) is 10.3. The molecule has 3 saturated heterocycles. The minimum atomic E-state index is 0. The first-order valence-corrected chi connectivity index (χ1v) is 12.4.